The number of halogens is 2. The van der Waals surface area contributed by atoms with Gasteiger partial charge in [-0.3, -0.25) is 4.79 Å². The lowest BCUT2D eigenvalue weighted by Gasteiger charge is -2.28. The highest BCUT2D eigenvalue weighted by molar-refractivity contribution is 7.99. The first-order valence-electron chi connectivity index (χ1n) is 10.4. The Morgan fingerprint density at radius 3 is 2.75 bits per heavy atom. The molecule has 1 aromatic carbocycles. The van der Waals surface area contributed by atoms with Gasteiger partial charge in [0.2, 0.25) is 0 Å². The maximum Gasteiger partial charge on any atom is 0.254 e. The largest absolute Gasteiger partial charge is 0.378 e. The van der Waals surface area contributed by atoms with Crippen LogP contribution in [0.4, 0.5) is 14.6 Å². The number of carbonyl (C=O) groups excluding carboxylic acids is 1. The average molecular weight is 463 g/mol. The Kier molecular flexibility index (Phi) is 6.85. The lowest BCUT2D eigenvalue weighted by Crippen LogP contribution is -2.37. The molecular formula is C21H24F2N6O2S. The minimum absolute atomic E-state index is 0.204. The molecule has 0 saturated carbocycles. The van der Waals surface area contributed by atoms with Crippen LogP contribution in [0.5, 0.6) is 0 Å². The third-order valence-corrected chi connectivity index (χ3v) is 5.76. The summed E-state index contributed by atoms with van der Waals surface area (Å²) in [4.78, 5) is 23.9. The second kappa shape index (κ2) is 9.78. The summed E-state index contributed by atoms with van der Waals surface area (Å²) in [5, 5.41) is 8.89. The van der Waals surface area contributed by atoms with Gasteiger partial charge in [0, 0.05) is 31.0 Å². The number of morpholine rings is 1. The molecule has 170 valence electrons. The second-order valence-electron chi connectivity index (χ2n) is 7.58. The van der Waals surface area contributed by atoms with E-state index in [1.807, 2.05) is 0 Å². The van der Waals surface area contributed by atoms with Crippen LogP contribution in [0.1, 0.15) is 24.2 Å². The number of thioether (sulfide) groups is 1. The van der Waals surface area contributed by atoms with E-state index in [2.05, 4.69) is 29.2 Å². The number of benzene rings is 1. The van der Waals surface area contributed by atoms with E-state index in [0.717, 1.165) is 36.4 Å². The van der Waals surface area contributed by atoms with Crippen LogP contribution in [-0.4, -0.2) is 63.8 Å². The van der Waals surface area contributed by atoms with Crippen LogP contribution in [0.2, 0.25) is 0 Å². The fraction of sp³-hybridized carbons (Fsp3) is 0.429. The number of ether oxygens (including phenoxy) is 1. The van der Waals surface area contributed by atoms with E-state index in [0.29, 0.717) is 41.9 Å². The van der Waals surface area contributed by atoms with E-state index >= 15 is 0 Å². The summed E-state index contributed by atoms with van der Waals surface area (Å²) in [6.07, 6.45) is 1.73. The summed E-state index contributed by atoms with van der Waals surface area (Å²) in [6, 6.07) is 2.87. The number of amides is 1. The zero-order valence-corrected chi connectivity index (χ0v) is 18.7. The fourth-order valence-corrected chi connectivity index (χ4v) is 4.11. The van der Waals surface area contributed by atoms with Crippen molar-refractivity contribution < 1.29 is 18.3 Å². The summed E-state index contributed by atoms with van der Waals surface area (Å²) < 4.78 is 34.1. The molecule has 3 aromatic rings. The van der Waals surface area contributed by atoms with Crippen LogP contribution in [0.25, 0.3) is 11.0 Å². The Bertz CT molecular complexity index is 1120. The van der Waals surface area contributed by atoms with Gasteiger partial charge in [0.15, 0.2) is 10.8 Å². The number of carbonyl (C=O) groups is 1. The molecule has 1 aliphatic rings. The monoisotopic (exact) mass is 462 g/mol. The highest BCUT2D eigenvalue weighted by atomic mass is 32.2. The zero-order valence-electron chi connectivity index (χ0n) is 17.8. The maximum absolute atomic E-state index is 13.8. The molecule has 0 aliphatic carbocycles. The van der Waals surface area contributed by atoms with Crippen molar-refractivity contribution in [1.29, 1.82) is 0 Å². The molecule has 3 heterocycles. The van der Waals surface area contributed by atoms with Crippen molar-refractivity contribution >= 4 is 34.5 Å². The van der Waals surface area contributed by atoms with Crippen molar-refractivity contribution in [3.05, 3.63) is 41.6 Å². The highest BCUT2D eigenvalue weighted by Crippen LogP contribution is 2.29. The lowest BCUT2D eigenvalue weighted by molar-refractivity contribution is 0.0948. The first kappa shape index (κ1) is 22.4. The number of rotatable bonds is 7. The van der Waals surface area contributed by atoms with Crippen LogP contribution in [0.15, 0.2) is 29.6 Å². The van der Waals surface area contributed by atoms with E-state index in [-0.39, 0.29) is 12.1 Å². The summed E-state index contributed by atoms with van der Waals surface area (Å²) in [5.41, 5.74) is 0.469. The van der Waals surface area contributed by atoms with Crippen molar-refractivity contribution in [2.24, 2.45) is 0 Å². The van der Waals surface area contributed by atoms with Crippen LogP contribution in [-0.2, 0) is 11.3 Å². The van der Waals surface area contributed by atoms with Crippen molar-refractivity contribution in [1.82, 2.24) is 25.1 Å². The van der Waals surface area contributed by atoms with Gasteiger partial charge in [-0.1, -0.05) is 25.6 Å². The summed E-state index contributed by atoms with van der Waals surface area (Å²) in [7, 11) is 0. The van der Waals surface area contributed by atoms with Crippen LogP contribution < -0.4 is 10.2 Å². The van der Waals surface area contributed by atoms with Crippen LogP contribution in [0.3, 0.4) is 0 Å². The van der Waals surface area contributed by atoms with Gasteiger partial charge in [-0.2, -0.15) is 5.10 Å². The molecule has 4 rings (SSSR count). The molecule has 0 atom stereocenters. The minimum Gasteiger partial charge on any atom is -0.378 e. The minimum atomic E-state index is -0.898. The van der Waals surface area contributed by atoms with Gasteiger partial charge in [0.25, 0.3) is 5.91 Å². The summed E-state index contributed by atoms with van der Waals surface area (Å²) in [5.74, 6) is -1.41. The lowest BCUT2D eigenvalue weighted by atomic mass is 10.2. The molecule has 0 bridgehead atoms. The Balaban J connectivity index is 1.54. The van der Waals surface area contributed by atoms with Gasteiger partial charge in [-0.25, -0.2) is 23.4 Å². The van der Waals surface area contributed by atoms with Gasteiger partial charge < -0.3 is 15.0 Å². The normalized spacial score (nSPS) is 14.3. The van der Waals surface area contributed by atoms with Gasteiger partial charge in [-0.05, 0) is 12.1 Å². The molecule has 8 nitrogen and oxygen atoms in total. The van der Waals surface area contributed by atoms with E-state index < -0.39 is 17.5 Å². The molecule has 1 N–H and O–H groups in total. The van der Waals surface area contributed by atoms with Crippen molar-refractivity contribution in [2.45, 2.75) is 30.8 Å². The molecule has 1 fully saturated rings. The standard InChI is InChI=1S/C21H24F2N6O2S/c1-13(2)32-21-26-18(28-7-9-31-10-8-28)16-12-25-29(19(16)27-21)6-5-24-20(30)15-4-3-14(22)11-17(15)23/h3-4,11-13H,5-10H2,1-2H3,(H,24,30). The molecule has 0 unspecified atom stereocenters. The molecule has 1 saturated heterocycles. The fourth-order valence-electron chi connectivity index (χ4n) is 3.41. The topological polar surface area (TPSA) is 85.2 Å². The molecule has 1 aliphatic heterocycles. The molecule has 2 aromatic heterocycles. The molecule has 0 radical (unpaired) electrons. The average Bonchev–Trinajstić information content (AvgIpc) is 3.16. The van der Waals surface area contributed by atoms with E-state index in [4.69, 9.17) is 14.7 Å². The molecule has 32 heavy (non-hydrogen) atoms. The van der Waals surface area contributed by atoms with Crippen molar-refractivity contribution in [3.8, 4) is 0 Å². The Hall–Kier alpha value is -2.79. The second-order valence-corrected chi connectivity index (χ2v) is 9.12. The van der Waals surface area contributed by atoms with Crippen LogP contribution >= 0.6 is 11.8 Å². The first-order chi connectivity index (χ1) is 15.4. The molecular weight excluding hydrogens is 438 g/mol. The van der Waals surface area contributed by atoms with E-state index in [1.54, 1.807) is 22.6 Å². The first-order valence-corrected chi connectivity index (χ1v) is 11.3. The predicted molar refractivity (Wildman–Crippen MR) is 118 cm³/mol. The summed E-state index contributed by atoms with van der Waals surface area (Å²) in [6.45, 7) is 7.45. The number of hydrogen-bond donors (Lipinski definition) is 1. The number of anilines is 1. The predicted octanol–water partition coefficient (Wildman–Crippen LogP) is 2.87. The number of nitrogens with one attached hydrogen (secondary N) is 1. The number of nitrogens with zero attached hydrogens (tertiary/aromatic N) is 5. The number of hydrogen-bond acceptors (Lipinski definition) is 7. The smallest absolute Gasteiger partial charge is 0.254 e. The van der Waals surface area contributed by atoms with E-state index in [9.17, 15) is 13.6 Å². The molecule has 0 spiro atoms. The van der Waals surface area contributed by atoms with Gasteiger partial charge >= 0.3 is 0 Å². The summed E-state index contributed by atoms with van der Waals surface area (Å²) >= 11 is 1.57. The zero-order chi connectivity index (χ0) is 22.7. The van der Waals surface area contributed by atoms with E-state index in [1.165, 1.54) is 0 Å². The molecule has 1 amide bonds. The van der Waals surface area contributed by atoms with Crippen molar-refractivity contribution in [3.63, 3.8) is 0 Å². The SMILES string of the molecule is CC(C)Sc1nc(N2CCOCC2)c2cnn(CCNC(=O)c3ccc(F)cc3F)c2n1. The highest BCUT2D eigenvalue weighted by Gasteiger charge is 2.21. The Morgan fingerprint density at radius 2 is 2.03 bits per heavy atom. The number of aromatic nitrogens is 4. The van der Waals surface area contributed by atoms with Gasteiger partial charge in [-0.15, -0.1) is 0 Å². The maximum atomic E-state index is 13.8. The van der Waals surface area contributed by atoms with Crippen LogP contribution in [0, 0.1) is 11.6 Å². The third kappa shape index (κ3) is 4.99. The number of fused-ring (bicyclic) bond motifs is 1. The Labute approximate surface area is 188 Å². The van der Waals surface area contributed by atoms with Gasteiger partial charge in [0.05, 0.1) is 36.9 Å². The third-order valence-electron chi connectivity index (χ3n) is 4.89. The van der Waals surface area contributed by atoms with Crippen molar-refractivity contribution in [2.75, 3.05) is 37.7 Å². The quantitative estimate of drug-likeness (QED) is 0.427. The molecule has 11 heteroatoms. The van der Waals surface area contributed by atoms with Gasteiger partial charge in [0.1, 0.15) is 17.5 Å². The Morgan fingerprint density at radius 1 is 1.25 bits per heavy atom.